The van der Waals surface area contributed by atoms with E-state index in [0.717, 1.165) is 21.1 Å². The minimum absolute atomic E-state index is 0.0489. The van der Waals surface area contributed by atoms with Crippen LogP contribution in [0.1, 0.15) is 34.1 Å². The first-order chi connectivity index (χ1) is 10.8. The van der Waals surface area contributed by atoms with Crippen molar-refractivity contribution in [3.63, 3.8) is 0 Å². The van der Waals surface area contributed by atoms with Crippen molar-refractivity contribution in [2.75, 3.05) is 13.6 Å². The number of halogens is 1. The molecule has 1 atom stereocenters. The van der Waals surface area contributed by atoms with Gasteiger partial charge >= 0.3 is 0 Å². The number of rotatable bonds is 6. The second kappa shape index (κ2) is 7.66. The van der Waals surface area contributed by atoms with Crippen molar-refractivity contribution in [2.24, 2.45) is 0 Å². The smallest absolute Gasteiger partial charge is 0.234 e. The van der Waals surface area contributed by atoms with Crippen molar-refractivity contribution in [1.29, 1.82) is 0 Å². The SMILES string of the molecule is Cc1nc([C@H](C)NC(=O)CN(C)Cc2ccc(F)cc2)c(C)s1. The molecule has 0 aliphatic carbocycles. The van der Waals surface area contributed by atoms with Crippen molar-refractivity contribution in [2.45, 2.75) is 33.4 Å². The van der Waals surface area contributed by atoms with Gasteiger partial charge in [0, 0.05) is 11.4 Å². The number of hydrogen-bond donors (Lipinski definition) is 1. The number of benzene rings is 1. The van der Waals surface area contributed by atoms with Crippen LogP contribution in [0.5, 0.6) is 0 Å². The highest BCUT2D eigenvalue weighted by molar-refractivity contribution is 7.11. The molecule has 0 bridgehead atoms. The molecule has 0 saturated heterocycles. The van der Waals surface area contributed by atoms with Crippen LogP contribution in [-0.2, 0) is 11.3 Å². The Morgan fingerprint density at radius 3 is 2.57 bits per heavy atom. The summed E-state index contributed by atoms with van der Waals surface area (Å²) in [5, 5.41) is 3.99. The van der Waals surface area contributed by atoms with Crippen LogP contribution in [0.4, 0.5) is 4.39 Å². The van der Waals surface area contributed by atoms with Crippen LogP contribution in [-0.4, -0.2) is 29.4 Å². The van der Waals surface area contributed by atoms with Crippen molar-refractivity contribution in [3.8, 4) is 0 Å². The normalized spacial score (nSPS) is 12.4. The lowest BCUT2D eigenvalue weighted by molar-refractivity contribution is -0.122. The van der Waals surface area contributed by atoms with Gasteiger partial charge in [-0.15, -0.1) is 11.3 Å². The third kappa shape index (κ3) is 5.11. The third-order valence-corrected chi connectivity index (χ3v) is 4.41. The third-order valence-electron chi connectivity index (χ3n) is 3.51. The van der Waals surface area contributed by atoms with Gasteiger partial charge in [0.1, 0.15) is 5.82 Å². The number of aryl methyl sites for hydroxylation is 2. The predicted octanol–water partition coefficient (Wildman–Crippen LogP) is 3.21. The average molecular weight is 335 g/mol. The summed E-state index contributed by atoms with van der Waals surface area (Å²) >= 11 is 1.64. The van der Waals surface area contributed by atoms with E-state index >= 15 is 0 Å². The zero-order chi connectivity index (χ0) is 17.0. The van der Waals surface area contributed by atoms with E-state index in [1.165, 1.54) is 12.1 Å². The Bertz CT molecular complexity index is 669. The number of likely N-dealkylation sites (N-methyl/N-ethyl adjacent to an activating group) is 1. The molecule has 0 spiro atoms. The van der Waals surface area contributed by atoms with E-state index in [9.17, 15) is 9.18 Å². The first-order valence-corrected chi connectivity index (χ1v) is 8.33. The monoisotopic (exact) mass is 335 g/mol. The Kier molecular flexibility index (Phi) is 5.85. The van der Waals surface area contributed by atoms with Crippen molar-refractivity contribution in [3.05, 3.63) is 51.2 Å². The van der Waals surface area contributed by atoms with E-state index in [2.05, 4.69) is 10.3 Å². The Labute approximate surface area is 140 Å². The lowest BCUT2D eigenvalue weighted by atomic mass is 10.2. The number of carbonyl (C=O) groups excluding carboxylic acids is 1. The number of amides is 1. The molecule has 4 nitrogen and oxygen atoms in total. The molecule has 1 amide bonds. The molecule has 0 radical (unpaired) electrons. The second-order valence-electron chi connectivity index (χ2n) is 5.76. The Balaban J connectivity index is 1.86. The van der Waals surface area contributed by atoms with E-state index < -0.39 is 0 Å². The van der Waals surface area contributed by atoms with E-state index in [0.29, 0.717) is 6.54 Å². The zero-order valence-corrected chi connectivity index (χ0v) is 14.7. The van der Waals surface area contributed by atoms with Crippen molar-refractivity contribution < 1.29 is 9.18 Å². The van der Waals surface area contributed by atoms with Gasteiger partial charge in [-0.25, -0.2) is 9.37 Å². The molecule has 0 aliphatic heterocycles. The fraction of sp³-hybridized carbons (Fsp3) is 0.412. The van der Waals surface area contributed by atoms with Crippen LogP contribution in [0, 0.1) is 19.7 Å². The van der Waals surface area contributed by atoms with Crippen LogP contribution in [0.25, 0.3) is 0 Å². The van der Waals surface area contributed by atoms with Gasteiger partial charge in [0.05, 0.1) is 23.3 Å². The minimum Gasteiger partial charge on any atom is -0.347 e. The van der Waals surface area contributed by atoms with Crippen LogP contribution in [0.3, 0.4) is 0 Å². The molecule has 1 aromatic carbocycles. The highest BCUT2D eigenvalue weighted by Gasteiger charge is 2.16. The fourth-order valence-electron chi connectivity index (χ4n) is 2.50. The van der Waals surface area contributed by atoms with Gasteiger partial charge in [-0.2, -0.15) is 0 Å². The molecule has 0 saturated carbocycles. The van der Waals surface area contributed by atoms with Gasteiger partial charge in [0.25, 0.3) is 0 Å². The highest BCUT2D eigenvalue weighted by atomic mass is 32.1. The fourth-order valence-corrected chi connectivity index (χ4v) is 3.42. The molecule has 0 fully saturated rings. The first kappa shape index (κ1) is 17.6. The number of carbonyl (C=O) groups is 1. The summed E-state index contributed by atoms with van der Waals surface area (Å²) in [7, 11) is 1.87. The van der Waals surface area contributed by atoms with Gasteiger partial charge in [-0.05, 0) is 45.5 Å². The summed E-state index contributed by atoms with van der Waals surface area (Å²) in [5.41, 5.74) is 1.91. The number of aromatic nitrogens is 1. The van der Waals surface area contributed by atoms with E-state index in [1.54, 1.807) is 23.5 Å². The molecular weight excluding hydrogens is 313 g/mol. The summed E-state index contributed by atoms with van der Waals surface area (Å²) in [6.07, 6.45) is 0. The molecule has 2 rings (SSSR count). The Morgan fingerprint density at radius 2 is 2.00 bits per heavy atom. The van der Waals surface area contributed by atoms with Gasteiger partial charge in [0.2, 0.25) is 5.91 Å². The standard InChI is InChI=1S/C17H22FN3OS/c1-11(17-12(2)23-13(3)20-17)19-16(22)10-21(4)9-14-5-7-15(18)8-6-14/h5-8,11H,9-10H2,1-4H3,(H,19,22)/t11-/m0/s1. The molecule has 23 heavy (non-hydrogen) atoms. The zero-order valence-electron chi connectivity index (χ0n) is 13.9. The molecular formula is C17H22FN3OS. The van der Waals surface area contributed by atoms with Crippen LogP contribution in [0.15, 0.2) is 24.3 Å². The van der Waals surface area contributed by atoms with Crippen LogP contribution < -0.4 is 5.32 Å². The topological polar surface area (TPSA) is 45.2 Å². The second-order valence-corrected chi connectivity index (χ2v) is 7.17. The maximum atomic E-state index is 12.9. The van der Waals surface area contributed by atoms with E-state index in [4.69, 9.17) is 0 Å². The molecule has 0 unspecified atom stereocenters. The average Bonchev–Trinajstić information content (AvgIpc) is 2.80. The Morgan fingerprint density at radius 1 is 1.35 bits per heavy atom. The summed E-state index contributed by atoms with van der Waals surface area (Å²) < 4.78 is 12.9. The maximum Gasteiger partial charge on any atom is 0.234 e. The van der Waals surface area contributed by atoms with Gasteiger partial charge in [-0.1, -0.05) is 12.1 Å². The Hall–Kier alpha value is -1.79. The predicted molar refractivity (Wildman–Crippen MR) is 90.9 cm³/mol. The molecule has 1 heterocycles. The first-order valence-electron chi connectivity index (χ1n) is 7.51. The molecule has 1 aromatic heterocycles. The minimum atomic E-state index is -0.253. The highest BCUT2D eigenvalue weighted by Crippen LogP contribution is 2.22. The molecule has 6 heteroatoms. The summed E-state index contributed by atoms with van der Waals surface area (Å²) in [6.45, 7) is 6.80. The van der Waals surface area contributed by atoms with Crippen molar-refractivity contribution in [1.82, 2.24) is 15.2 Å². The molecule has 1 N–H and O–H groups in total. The van der Waals surface area contributed by atoms with E-state index in [-0.39, 0.29) is 24.3 Å². The van der Waals surface area contributed by atoms with Gasteiger partial charge in [0.15, 0.2) is 0 Å². The van der Waals surface area contributed by atoms with Crippen LogP contribution in [0.2, 0.25) is 0 Å². The summed E-state index contributed by atoms with van der Waals surface area (Å²) in [6, 6.07) is 6.21. The number of hydrogen-bond acceptors (Lipinski definition) is 4. The molecule has 0 aliphatic rings. The molecule has 2 aromatic rings. The summed E-state index contributed by atoms with van der Waals surface area (Å²) in [4.78, 5) is 19.7. The maximum absolute atomic E-state index is 12.9. The number of thiazole rings is 1. The quantitative estimate of drug-likeness (QED) is 0.882. The largest absolute Gasteiger partial charge is 0.347 e. The van der Waals surface area contributed by atoms with Gasteiger partial charge in [-0.3, -0.25) is 9.69 Å². The lowest BCUT2D eigenvalue weighted by Gasteiger charge is -2.18. The van der Waals surface area contributed by atoms with E-state index in [1.807, 2.05) is 32.7 Å². The lowest BCUT2D eigenvalue weighted by Crippen LogP contribution is -2.36. The molecule has 124 valence electrons. The summed E-state index contributed by atoms with van der Waals surface area (Å²) in [5.74, 6) is -0.302. The van der Waals surface area contributed by atoms with Gasteiger partial charge < -0.3 is 5.32 Å². The van der Waals surface area contributed by atoms with Crippen LogP contribution >= 0.6 is 11.3 Å². The number of nitrogens with one attached hydrogen (secondary N) is 1. The number of nitrogens with zero attached hydrogens (tertiary/aromatic N) is 2. The van der Waals surface area contributed by atoms with Crippen molar-refractivity contribution >= 4 is 17.2 Å².